The van der Waals surface area contributed by atoms with Gasteiger partial charge in [-0.3, -0.25) is 0 Å². The molecule has 1 atom stereocenters. The second-order valence-electron chi connectivity index (χ2n) is 0.184. The average Bonchev–Trinajstić information content (AvgIpc) is 0.811. The minimum Gasteiger partial charge on any atom is -0.207 e. The Bertz CT molecular complexity index is 31.0. The first-order chi connectivity index (χ1) is 1.73. The first-order valence-electron chi connectivity index (χ1n) is 0.475. The lowest BCUT2D eigenvalue weighted by atomic mass is 16.0. The normalized spacial score (nSPS) is 15.5. The van der Waals surface area contributed by atoms with Crippen molar-refractivity contribution >= 4 is 21.1 Å². The van der Waals surface area contributed by atoms with Gasteiger partial charge >= 0.3 is 0 Å². The quantitative estimate of drug-likeness (QED) is 0.413. The molecule has 0 aromatic rings. The van der Waals surface area contributed by atoms with E-state index in [1.54, 1.807) is 0 Å². The number of rotatable bonds is 0. The van der Waals surface area contributed by atoms with Gasteiger partial charge in [0.2, 0.25) is 0 Å². The first kappa shape index (κ1) is 4.37. The third-order valence-corrected chi connectivity index (χ3v) is 0. The van der Waals surface area contributed by atoms with Gasteiger partial charge in [0.05, 0.1) is 0 Å². The van der Waals surface area contributed by atoms with Gasteiger partial charge in [-0.05, 0) is 0 Å². The lowest BCUT2D eigenvalue weighted by Crippen LogP contribution is -1.45. The van der Waals surface area contributed by atoms with Crippen molar-refractivity contribution in [2.24, 2.45) is 0 Å². The molecule has 0 aliphatic heterocycles. The molecule has 0 saturated carbocycles. The van der Waals surface area contributed by atoms with E-state index in [1.807, 2.05) is 0 Å². The van der Waals surface area contributed by atoms with E-state index in [1.165, 1.54) is 0 Å². The molecule has 0 saturated heterocycles. The Hall–Kier alpha value is 0.370. The van der Waals surface area contributed by atoms with Crippen LogP contribution in [0, 0.1) is 0 Å². The first-order valence-corrected chi connectivity index (χ1v) is 2.35. The van der Waals surface area contributed by atoms with Gasteiger partial charge in [-0.25, -0.2) is 4.21 Å². The summed E-state index contributed by atoms with van der Waals surface area (Å²) >= 11 is 0. The van der Waals surface area contributed by atoms with Gasteiger partial charge in [0.15, 0.2) is 0 Å². The Morgan fingerprint density at radius 3 is 2.00 bits per heavy atom. The summed E-state index contributed by atoms with van der Waals surface area (Å²) in [6.07, 6.45) is 0. The molecule has 0 N–H and O–H groups in total. The summed E-state index contributed by atoms with van der Waals surface area (Å²) in [5, 5.41) is 0. The molecule has 0 rings (SSSR count). The zero-order valence-electron chi connectivity index (χ0n) is 1.57. The van der Waals surface area contributed by atoms with Gasteiger partial charge in [0.25, 0.3) is 10.4 Å². The van der Waals surface area contributed by atoms with Crippen LogP contribution in [0.3, 0.4) is 0 Å². The number of hydrogen-bond acceptors (Lipinski definition) is 1. The van der Waals surface area contributed by atoms with E-state index in [2.05, 4.69) is 10.7 Å². The van der Waals surface area contributed by atoms with Gasteiger partial charge in [-0.2, -0.15) is 0 Å². The molecule has 0 aliphatic carbocycles. The highest BCUT2D eigenvalue weighted by Crippen LogP contribution is 1.82. The molecule has 4 heavy (non-hydrogen) atoms. The van der Waals surface area contributed by atoms with Gasteiger partial charge in [0.1, 0.15) is 0 Å². The van der Waals surface area contributed by atoms with E-state index in [4.69, 9.17) is 4.21 Å². The molecule has 0 heterocycles. The fraction of sp³-hybridized carbons (Fsp3) is 0. The molecule has 0 aromatic heterocycles. The zero-order chi connectivity index (χ0) is 3.58. The molecule has 0 spiro atoms. The summed E-state index contributed by atoms with van der Waals surface area (Å²) in [5.41, 5.74) is 0. The molecule has 0 aliphatic rings. The maximum absolute atomic E-state index is 10.2. The minimum absolute atomic E-state index is 2.64. The van der Waals surface area contributed by atoms with Crippen LogP contribution in [0.1, 0.15) is 0 Å². The molecule has 26 valence electrons. The summed E-state index contributed by atoms with van der Waals surface area (Å²) in [6, 6.07) is 0. The van der Waals surface area contributed by atoms with E-state index >= 15 is 0 Å². The molecular formula is ClFOS. The van der Waals surface area contributed by atoms with Crippen LogP contribution in [0.15, 0.2) is 0 Å². The third-order valence-electron chi connectivity index (χ3n) is 0. The van der Waals surface area contributed by atoms with Crippen molar-refractivity contribution in [3.8, 4) is 0 Å². The molecule has 0 bridgehead atoms. The van der Waals surface area contributed by atoms with Crippen LogP contribution in [0.5, 0.6) is 0 Å². The summed E-state index contributed by atoms with van der Waals surface area (Å²) in [7, 11) is 1.44. The summed E-state index contributed by atoms with van der Waals surface area (Å²) in [6.45, 7) is 0. The standard InChI is InChI=1S/ClFOS/c1-4(2)3. The Balaban J connectivity index is 2.80. The number of hydrogen-bond donors (Lipinski definition) is 0. The van der Waals surface area contributed by atoms with Crippen molar-refractivity contribution in [3.63, 3.8) is 0 Å². The van der Waals surface area contributed by atoms with Gasteiger partial charge < -0.3 is 0 Å². The van der Waals surface area contributed by atoms with Gasteiger partial charge in [-0.1, -0.05) is 0 Å². The van der Waals surface area contributed by atoms with Crippen molar-refractivity contribution in [3.05, 3.63) is 0 Å². The summed E-state index contributed by atoms with van der Waals surface area (Å²) in [4.78, 5) is 0. The van der Waals surface area contributed by atoms with Crippen molar-refractivity contribution in [2.75, 3.05) is 0 Å². The molecule has 0 fully saturated rings. The Morgan fingerprint density at radius 2 is 2.00 bits per heavy atom. The van der Waals surface area contributed by atoms with Crippen LogP contribution in [0.2, 0.25) is 0 Å². The largest absolute Gasteiger partial charge is 0.295 e. The van der Waals surface area contributed by atoms with Crippen molar-refractivity contribution in [2.45, 2.75) is 0 Å². The van der Waals surface area contributed by atoms with Crippen LogP contribution in [-0.2, 0) is 10.4 Å². The molecule has 1 unspecified atom stereocenters. The Kier molecular flexibility index (Phi) is 1.82. The van der Waals surface area contributed by atoms with Crippen LogP contribution in [0.25, 0.3) is 0 Å². The van der Waals surface area contributed by atoms with E-state index in [0.29, 0.717) is 0 Å². The second kappa shape index (κ2) is 1.67. The lowest BCUT2D eigenvalue weighted by Gasteiger charge is -1.48. The van der Waals surface area contributed by atoms with Crippen molar-refractivity contribution in [1.82, 2.24) is 0 Å². The number of halogens is 2. The molecule has 0 radical (unpaired) electrons. The topological polar surface area (TPSA) is 17.1 Å². The predicted octanol–water partition coefficient (Wildman–Crippen LogP) is 0.773. The molecule has 4 heteroatoms. The predicted molar refractivity (Wildman–Crippen MR) is 15.1 cm³/mol. The van der Waals surface area contributed by atoms with Crippen molar-refractivity contribution in [1.29, 1.82) is 0 Å². The van der Waals surface area contributed by atoms with E-state index in [9.17, 15) is 3.89 Å². The molecule has 0 amide bonds. The minimum atomic E-state index is -2.64. The highest BCUT2D eigenvalue weighted by molar-refractivity contribution is 8.04. The lowest BCUT2D eigenvalue weighted by molar-refractivity contribution is 0.661. The average molecular weight is 103 g/mol. The third kappa shape index (κ3) is 32.5. The van der Waals surface area contributed by atoms with Crippen molar-refractivity contribution < 1.29 is 8.09 Å². The van der Waals surface area contributed by atoms with Crippen LogP contribution >= 0.6 is 10.7 Å². The zero-order valence-corrected chi connectivity index (χ0v) is 3.14. The van der Waals surface area contributed by atoms with Crippen LogP contribution < -0.4 is 0 Å². The maximum Gasteiger partial charge on any atom is 0.295 e. The van der Waals surface area contributed by atoms with Crippen LogP contribution in [0.4, 0.5) is 3.89 Å². The van der Waals surface area contributed by atoms with E-state index in [-0.39, 0.29) is 0 Å². The van der Waals surface area contributed by atoms with Crippen LogP contribution in [-0.4, -0.2) is 4.21 Å². The second-order valence-corrected chi connectivity index (χ2v) is 1.28. The summed E-state index contributed by atoms with van der Waals surface area (Å²) < 4.78 is 18.9. The highest BCUT2D eigenvalue weighted by atomic mass is 35.7. The summed E-state index contributed by atoms with van der Waals surface area (Å²) in [5.74, 6) is 0. The highest BCUT2D eigenvalue weighted by Gasteiger charge is 1.70. The molecule has 0 aromatic carbocycles. The molecular weight excluding hydrogens is 103 g/mol. The fourth-order valence-electron chi connectivity index (χ4n) is 0. The smallest absolute Gasteiger partial charge is 0.207 e. The van der Waals surface area contributed by atoms with Gasteiger partial charge in [-0.15, -0.1) is 3.89 Å². The maximum atomic E-state index is 10.2. The van der Waals surface area contributed by atoms with E-state index < -0.39 is 10.4 Å². The molecule has 1 nitrogen and oxygen atoms in total. The van der Waals surface area contributed by atoms with E-state index in [0.717, 1.165) is 0 Å². The fourth-order valence-corrected chi connectivity index (χ4v) is 0. The monoisotopic (exact) mass is 102 g/mol. The Morgan fingerprint density at radius 1 is 2.00 bits per heavy atom. The Labute approximate surface area is 30.0 Å². The van der Waals surface area contributed by atoms with Gasteiger partial charge in [0, 0.05) is 10.7 Å². The SMILES string of the molecule is O=S(F)Cl.